The second-order valence-electron chi connectivity index (χ2n) is 5.25. The number of nitrogens with one attached hydrogen (secondary N) is 1. The Morgan fingerprint density at radius 2 is 2.12 bits per heavy atom. The second kappa shape index (κ2) is 4.95. The average Bonchev–Trinajstić information content (AvgIpc) is 2.22. The van der Waals surface area contributed by atoms with E-state index in [1.165, 1.54) is 19.3 Å². The second-order valence-corrected chi connectivity index (χ2v) is 5.66. The van der Waals surface area contributed by atoms with Crippen molar-refractivity contribution in [1.82, 2.24) is 5.32 Å². The van der Waals surface area contributed by atoms with E-state index in [9.17, 15) is 4.39 Å². The maximum absolute atomic E-state index is 13.6. The molecule has 0 bridgehead atoms. The highest BCUT2D eigenvalue weighted by Crippen LogP contribution is 2.44. The van der Waals surface area contributed by atoms with E-state index in [2.05, 4.69) is 5.32 Å². The molecule has 1 nitrogen and oxygen atoms in total. The van der Waals surface area contributed by atoms with Crippen molar-refractivity contribution in [2.45, 2.75) is 32.6 Å². The highest BCUT2D eigenvalue weighted by Gasteiger charge is 2.36. The van der Waals surface area contributed by atoms with Crippen LogP contribution < -0.4 is 5.32 Å². The summed E-state index contributed by atoms with van der Waals surface area (Å²) in [4.78, 5) is 0. The lowest BCUT2D eigenvalue weighted by molar-refractivity contribution is 0.133. The Kier molecular flexibility index (Phi) is 3.74. The third-order valence-corrected chi connectivity index (χ3v) is 4.21. The molecule has 0 saturated heterocycles. The van der Waals surface area contributed by atoms with Crippen LogP contribution in [-0.2, 0) is 6.42 Å². The van der Waals surface area contributed by atoms with Crippen LogP contribution in [0.4, 0.5) is 4.39 Å². The van der Waals surface area contributed by atoms with Gasteiger partial charge in [0.1, 0.15) is 5.82 Å². The molecule has 1 aromatic rings. The van der Waals surface area contributed by atoms with Crippen LogP contribution >= 0.6 is 11.6 Å². The molecular weight excluding hydrogens is 237 g/mol. The van der Waals surface area contributed by atoms with Gasteiger partial charge in [0, 0.05) is 11.6 Å². The molecule has 0 heterocycles. The first-order chi connectivity index (χ1) is 8.06. The van der Waals surface area contributed by atoms with Crippen LogP contribution in [0.5, 0.6) is 0 Å². The van der Waals surface area contributed by atoms with Crippen LogP contribution in [0, 0.1) is 18.2 Å². The molecule has 0 amide bonds. The van der Waals surface area contributed by atoms with Gasteiger partial charge in [-0.25, -0.2) is 4.39 Å². The van der Waals surface area contributed by atoms with Crippen molar-refractivity contribution in [3.05, 3.63) is 34.1 Å². The summed E-state index contributed by atoms with van der Waals surface area (Å²) in [5.41, 5.74) is 1.86. The monoisotopic (exact) mass is 255 g/mol. The third kappa shape index (κ3) is 2.63. The molecule has 3 heteroatoms. The van der Waals surface area contributed by atoms with Crippen LogP contribution in [0.1, 0.15) is 30.4 Å². The fourth-order valence-electron chi connectivity index (χ4n) is 2.69. The third-order valence-electron chi connectivity index (χ3n) is 3.86. The molecule has 0 atom stereocenters. The van der Waals surface area contributed by atoms with Crippen molar-refractivity contribution in [1.29, 1.82) is 0 Å². The van der Waals surface area contributed by atoms with Crippen LogP contribution in [0.25, 0.3) is 0 Å². The fraction of sp³-hybridized carbons (Fsp3) is 0.571. The fourth-order valence-corrected chi connectivity index (χ4v) is 2.98. The van der Waals surface area contributed by atoms with Crippen molar-refractivity contribution in [3.63, 3.8) is 0 Å². The normalized spacial score (nSPS) is 17.9. The molecule has 0 spiro atoms. The van der Waals surface area contributed by atoms with Gasteiger partial charge >= 0.3 is 0 Å². The van der Waals surface area contributed by atoms with Crippen molar-refractivity contribution < 1.29 is 4.39 Å². The van der Waals surface area contributed by atoms with Gasteiger partial charge in [-0.2, -0.15) is 0 Å². The number of rotatable bonds is 4. The van der Waals surface area contributed by atoms with Gasteiger partial charge in [0.15, 0.2) is 0 Å². The van der Waals surface area contributed by atoms with Gasteiger partial charge in [0.05, 0.1) is 0 Å². The highest BCUT2D eigenvalue weighted by molar-refractivity contribution is 6.31. The molecule has 1 aromatic carbocycles. The van der Waals surface area contributed by atoms with Crippen molar-refractivity contribution in [3.8, 4) is 0 Å². The number of halogens is 2. The summed E-state index contributed by atoms with van der Waals surface area (Å²) in [6.45, 7) is 2.73. The number of benzene rings is 1. The summed E-state index contributed by atoms with van der Waals surface area (Å²) in [7, 11) is 1.97. The van der Waals surface area contributed by atoms with Gasteiger partial charge in [-0.05, 0) is 61.9 Å². The minimum Gasteiger partial charge on any atom is -0.319 e. The summed E-state index contributed by atoms with van der Waals surface area (Å²) in [5, 5.41) is 3.94. The molecule has 1 N–H and O–H groups in total. The lowest BCUT2D eigenvalue weighted by Crippen LogP contribution is -2.40. The Bertz CT molecular complexity index is 413. The zero-order valence-corrected chi connectivity index (χ0v) is 11.2. The zero-order chi connectivity index (χ0) is 12.5. The SMILES string of the molecule is CNCC1(Cc2cc(F)c(C)cc2Cl)CCC1. The van der Waals surface area contributed by atoms with E-state index in [-0.39, 0.29) is 5.82 Å². The van der Waals surface area contributed by atoms with Gasteiger partial charge in [-0.1, -0.05) is 18.0 Å². The largest absolute Gasteiger partial charge is 0.319 e. The quantitative estimate of drug-likeness (QED) is 0.865. The Morgan fingerprint density at radius 1 is 1.41 bits per heavy atom. The van der Waals surface area contributed by atoms with Gasteiger partial charge in [0.2, 0.25) is 0 Å². The molecule has 0 radical (unpaired) electrons. The van der Waals surface area contributed by atoms with E-state index >= 15 is 0 Å². The van der Waals surface area contributed by atoms with Crippen molar-refractivity contribution in [2.75, 3.05) is 13.6 Å². The smallest absolute Gasteiger partial charge is 0.126 e. The van der Waals surface area contributed by atoms with E-state index in [0.29, 0.717) is 16.0 Å². The summed E-state index contributed by atoms with van der Waals surface area (Å²) >= 11 is 6.20. The minimum absolute atomic E-state index is 0.150. The molecule has 2 rings (SSSR count). The molecule has 1 aliphatic rings. The summed E-state index contributed by atoms with van der Waals surface area (Å²) < 4.78 is 13.6. The van der Waals surface area contributed by atoms with Crippen LogP contribution in [-0.4, -0.2) is 13.6 Å². The molecule has 0 aromatic heterocycles. The lowest BCUT2D eigenvalue weighted by Gasteiger charge is -2.42. The molecule has 94 valence electrons. The zero-order valence-electron chi connectivity index (χ0n) is 10.4. The van der Waals surface area contributed by atoms with Crippen LogP contribution in [0.3, 0.4) is 0 Å². The first-order valence-electron chi connectivity index (χ1n) is 6.15. The average molecular weight is 256 g/mol. The van der Waals surface area contributed by atoms with Gasteiger partial charge in [-0.3, -0.25) is 0 Å². The first-order valence-corrected chi connectivity index (χ1v) is 6.53. The van der Waals surface area contributed by atoms with Gasteiger partial charge in [0.25, 0.3) is 0 Å². The molecule has 0 unspecified atom stereocenters. The van der Waals surface area contributed by atoms with Crippen LogP contribution in [0.15, 0.2) is 12.1 Å². The minimum atomic E-state index is -0.150. The van der Waals surface area contributed by atoms with E-state index < -0.39 is 0 Å². The maximum atomic E-state index is 13.6. The predicted molar refractivity (Wildman–Crippen MR) is 70.1 cm³/mol. The predicted octanol–water partition coefficient (Wildman–Crippen LogP) is 3.72. The molecule has 1 saturated carbocycles. The Labute approximate surface area is 107 Å². The molecule has 17 heavy (non-hydrogen) atoms. The maximum Gasteiger partial charge on any atom is 0.126 e. The Balaban J connectivity index is 2.20. The van der Waals surface area contributed by atoms with Crippen LogP contribution in [0.2, 0.25) is 5.02 Å². The number of aryl methyl sites for hydroxylation is 1. The summed E-state index contributed by atoms with van der Waals surface area (Å²) in [6.07, 6.45) is 4.57. The van der Waals surface area contributed by atoms with E-state index in [4.69, 9.17) is 11.6 Å². The topological polar surface area (TPSA) is 12.0 Å². The van der Waals surface area contributed by atoms with Gasteiger partial charge < -0.3 is 5.32 Å². The van der Waals surface area contributed by atoms with E-state index in [0.717, 1.165) is 18.5 Å². The summed E-state index contributed by atoms with van der Waals surface area (Å²) in [6, 6.07) is 3.34. The molecule has 0 aliphatic heterocycles. The molecule has 1 fully saturated rings. The summed E-state index contributed by atoms with van der Waals surface area (Å²) in [5.74, 6) is -0.150. The standard InChI is InChI=1S/C14H19ClFN/c1-10-6-12(15)11(7-13(10)16)8-14(9-17-2)4-3-5-14/h6-7,17H,3-5,8-9H2,1-2H3. The molecular formula is C14H19ClFN. The number of hydrogen-bond donors (Lipinski definition) is 1. The molecule has 1 aliphatic carbocycles. The Morgan fingerprint density at radius 3 is 2.65 bits per heavy atom. The van der Waals surface area contributed by atoms with Gasteiger partial charge in [-0.15, -0.1) is 0 Å². The van der Waals surface area contributed by atoms with Crippen molar-refractivity contribution in [2.24, 2.45) is 5.41 Å². The number of hydrogen-bond acceptors (Lipinski definition) is 1. The first kappa shape index (κ1) is 12.8. The lowest BCUT2D eigenvalue weighted by atomic mass is 9.65. The van der Waals surface area contributed by atoms with E-state index in [1.54, 1.807) is 19.1 Å². The van der Waals surface area contributed by atoms with E-state index in [1.807, 2.05) is 7.05 Å². The highest BCUT2D eigenvalue weighted by atomic mass is 35.5. The Hall–Kier alpha value is -0.600. The van der Waals surface area contributed by atoms with Crippen molar-refractivity contribution >= 4 is 11.6 Å².